The molecule has 1 aromatic carbocycles. The van der Waals surface area contributed by atoms with Crippen molar-refractivity contribution < 1.29 is 34.2 Å². The van der Waals surface area contributed by atoms with Crippen LogP contribution in [0.2, 0.25) is 6.32 Å². The second kappa shape index (κ2) is 13.3. The Morgan fingerprint density at radius 2 is 1.98 bits per heavy atom. The number of methoxy groups -OCH3 is 1. The Morgan fingerprint density at radius 1 is 1.18 bits per heavy atom. The van der Waals surface area contributed by atoms with E-state index in [0.717, 1.165) is 60.1 Å². The number of phenols is 1. The molecule has 44 heavy (non-hydrogen) atoms. The number of phenolic OH excluding ortho intramolecular Hbond substituents is 1. The fraction of sp³-hybridized carbons (Fsp3) is 0.485. The van der Waals surface area contributed by atoms with E-state index in [1.165, 1.54) is 7.11 Å². The average Bonchev–Trinajstić information content (AvgIpc) is 3.29. The van der Waals surface area contributed by atoms with E-state index < -0.39 is 25.1 Å². The number of fused-ring (bicyclic) bond motifs is 3. The Labute approximate surface area is 271 Å². The first kappa shape index (κ1) is 31.3. The van der Waals surface area contributed by atoms with Gasteiger partial charge in [-0.15, -0.1) is 0 Å². The second-order valence-electron chi connectivity index (χ2n) is 12.3. The molecule has 9 nitrogen and oxygen atoms in total. The molecule has 3 heterocycles. The number of amides is 2. The summed E-state index contributed by atoms with van der Waals surface area (Å²) in [6.07, 6.45) is 9.63. The van der Waals surface area contributed by atoms with Crippen molar-refractivity contribution in [2.45, 2.75) is 69.8 Å². The molecule has 2 saturated heterocycles. The molecule has 2 aliphatic heterocycles. The molecule has 232 valence electrons. The first-order chi connectivity index (χ1) is 21.3. The molecular weight excluding hydrogens is 674 g/mol. The van der Waals surface area contributed by atoms with Gasteiger partial charge < -0.3 is 24.6 Å². The van der Waals surface area contributed by atoms with Crippen LogP contribution in [0.1, 0.15) is 62.6 Å². The number of aromatic hydroxyl groups is 1. The van der Waals surface area contributed by atoms with Gasteiger partial charge in [-0.05, 0) is 120 Å². The Balaban J connectivity index is 1.30. The molecule has 6 rings (SSSR count). The van der Waals surface area contributed by atoms with E-state index in [1.807, 2.05) is 30.3 Å². The number of pyridine rings is 1. The van der Waals surface area contributed by atoms with E-state index in [1.54, 1.807) is 17.2 Å². The quantitative estimate of drug-likeness (QED) is 0.154. The molecule has 0 radical (unpaired) electrons. The molecular formula is C33H38BIN2O7. The molecule has 11 heteroatoms. The maximum atomic E-state index is 13.9. The lowest BCUT2D eigenvalue weighted by molar-refractivity contribution is -0.143. The van der Waals surface area contributed by atoms with Crippen LogP contribution in [0.3, 0.4) is 0 Å². The summed E-state index contributed by atoms with van der Waals surface area (Å²) in [7, 11) is 0.433. The maximum absolute atomic E-state index is 13.9. The third-order valence-corrected chi connectivity index (χ3v) is 10.6. The largest absolute Gasteiger partial charge is 0.504 e. The van der Waals surface area contributed by atoms with Crippen LogP contribution in [0.4, 0.5) is 0 Å². The number of hydrogen-bond donors (Lipinski definition) is 3. The summed E-state index contributed by atoms with van der Waals surface area (Å²) in [5, 5.41) is 31.8. The van der Waals surface area contributed by atoms with Gasteiger partial charge in [0.25, 0.3) is 0 Å². The molecule has 3 fully saturated rings. The van der Waals surface area contributed by atoms with Crippen molar-refractivity contribution in [2.75, 3.05) is 13.7 Å². The number of halogens is 1. The van der Waals surface area contributed by atoms with E-state index in [2.05, 4.69) is 27.6 Å². The number of ether oxygens (including phenoxy) is 1. The smallest absolute Gasteiger partial charge is 0.455 e. The van der Waals surface area contributed by atoms with Gasteiger partial charge in [0.15, 0.2) is 11.5 Å². The van der Waals surface area contributed by atoms with Gasteiger partial charge in [0.05, 0.1) is 40.9 Å². The Bertz CT molecular complexity index is 1480. The number of aliphatic hydroxyl groups excluding tert-OH is 1. The summed E-state index contributed by atoms with van der Waals surface area (Å²) >= 11 is 2.07. The van der Waals surface area contributed by atoms with Crippen molar-refractivity contribution in [3.63, 3.8) is 0 Å². The first-order valence-corrected chi connectivity index (χ1v) is 16.6. The number of likely N-dealkylation sites (tertiary alicyclic amines) is 1. The third kappa shape index (κ3) is 5.95. The van der Waals surface area contributed by atoms with Crippen LogP contribution < -0.4 is 4.74 Å². The third-order valence-electron chi connectivity index (χ3n) is 9.75. The summed E-state index contributed by atoms with van der Waals surface area (Å²) in [4.78, 5) is 33.7. The Hall–Kier alpha value is -2.74. The summed E-state index contributed by atoms with van der Waals surface area (Å²) in [6.45, 7) is -0.218. The zero-order chi connectivity index (χ0) is 31.0. The zero-order valence-electron chi connectivity index (χ0n) is 24.8. The highest BCUT2D eigenvalue weighted by molar-refractivity contribution is 14.1. The van der Waals surface area contributed by atoms with Crippen molar-refractivity contribution >= 4 is 53.2 Å². The molecule has 0 spiro atoms. The molecule has 4 aliphatic rings. The van der Waals surface area contributed by atoms with Gasteiger partial charge in [-0.1, -0.05) is 25.3 Å². The molecule has 2 aromatic rings. The van der Waals surface area contributed by atoms with Crippen molar-refractivity contribution in [3.8, 4) is 11.5 Å². The van der Waals surface area contributed by atoms with Crippen LogP contribution >= 0.6 is 22.6 Å². The van der Waals surface area contributed by atoms with Crippen LogP contribution in [-0.2, 0) is 14.2 Å². The zero-order valence-corrected chi connectivity index (χ0v) is 27.0. The minimum atomic E-state index is -1.08. The van der Waals surface area contributed by atoms with E-state index in [0.29, 0.717) is 28.6 Å². The molecule has 1 aromatic heterocycles. The topological polar surface area (TPSA) is 129 Å². The highest BCUT2D eigenvalue weighted by Gasteiger charge is 2.58. The lowest BCUT2D eigenvalue weighted by Crippen LogP contribution is -2.47. The van der Waals surface area contributed by atoms with E-state index in [-0.39, 0.29) is 42.5 Å². The van der Waals surface area contributed by atoms with Crippen LogP contribution in [0, 0.1) is 21.3 Å². The van der Waals surface area contributed by atoms with Gasteiger partial charge in [-0.3, -0.25) is 19.5 Å². The maximum Gasteiger partial charge on any atom is 0.455 e. The number of allylic oxidation sites excluding steroid dienone is 1. The highest BCUT2D eigenvalue weighted by Crippen LogP contribution is 2.51. The number of hydrogen-bond acceptors (Lipinski definition) is 8. The monoisotopic (exact) mass is 712 g/mol. The normalized spacial score (nSPS) is 26.2. The first-order valence-electron chi connectivity index (χ1n) is 15.5. The predicted octanol–water partition coefficient (Wildman–Crippen LogP) is 4.84. The van der Waals surface area contributed by atoms with Gasteiger partial charge in [0.2, 0.25) is 11.8 Å². The van der Waals surface area contributed by atoms with Crippen molar-refractivity contribution in [2.24, 2.45) is 17.8 Å². The molecule has 4 atom stereocenters. The van der Waals surface area contributed by atoms with Gasteiger partial charge in [-0.2, -0.15) is 0 Å². The predicted molar refractivity (Wildman–Crippen MR) is 174 cm³/mol. The molecule has 3 N–H and O–H groups in total. The van der Waals surface area contributed by atoms with Crippen LogP contribution in [0.5, 0.6) is 11.5 Å². The molecule has 2 aliphatic carbocycles. The number of imide groups is 1. The molecule has 1 saturated carbocycles. The van der Waals surface area contributed by atoms with Gasteiger partial charge in [-0.25, -0.2) is 0 Å². The van der Waals surface area contributed by atoms with Crippen LogP contribution in [0.15, 0.2) is 47.7 Å². The Morgan fingerprint density at radius 3 is 2.68 bits per heavy atom. The number of aliphatic hydroxyl groups is 1. The van der Waals surface area contributed by atoms with Crippen molar-refractivity contribution in [1.29, 1.82) is 0 Å². The fourth-order valence-corrected chi connectivity index (χ4v) is 8.41. The second-order valence-corrected chi connectivity index (χ2v) is 13.5. The summed E-state index contributed by atoms with van der Waals surface area (Å²) in [5.74, 6) is -1.17. The molecule has 2 amide bonds. The minimum Gasteiger partial charge on any atom is -0.504 e. The number of rotatable bonds is 8. The van der Waals surface area contributed by atoms with Crippen LogP contribution in [-0.4, -0.2) is 69.9 Å². The molecule has 0 bridgehead atoms. The lowest BCUT2D eigenvalue weighted by Gasteiger charge is -2.43. The van der Waals surface area contributed by atoms with Gasteiger partial charge >= 0.3 is 7.12 Å². The minimum absolute atomic E-state index is 0.0522. The number of benzene rings is 1. The lowest BCUT2D eigenvalue weighted by atomic mass is 9.58. The summed E-state index contributed by atoms with van der Waals surface area (Å²) in [6, 6.07) is 9.29. The SMILES string of the molecule is COc1cc(/C=C(/CC[C@H]2OB(O)C[C@H]3C2=C(CO)C[C@H]2C(=O)N(C4CCCCC4)C(=O)[C@H]23)c2ccccn2)cc(I)c1O. The summed E-state index contributed by atoms with van der Waals surface area (Å²) < 4.78 is 12.1. The van der Waals surface area contributed by atoms with Crippen molar-refractivity contribution in [1.82, 2.24) is 9.88 Å². The highest BCUT2D eigenvalue weighted by atomic mass is 127. The van der Waals surface area contributed by atoms with Crippen LogP contribution in [0.25, 0.3) is 11.6 Å². The van der Waals surface area contributed by atoms with E-state index in [4.69, 9.17) is 9.39 Å². The standard InChI is InChI=1S/C33H38BIN2O7/c1-43-28-15-19(14-25(35)31(28)39)13-20(26-9-5-6-12-36-26)10-11-27-29-21(18-38)16-23-30(24(29)17-34(42)44-27)33(41)37(32(23)40)22-7-3-2-4-8-22/h5-6,9,12-15,22-24,27,30,38-39,42H,2-4,7-8,10-11,16-18H2,1H3/b20-13-/t23-,24+,27-,30-/m1/s1. The van der Waals surface area contributed by atoms with Crippen molar-refractivity contribution in [3.05, 3.63) is 62.5 Å². The molecule has 0 unspecified atom stereocenters. The van der Waals surface area contributed by atoms with E-state index in [9.17, 15) is 24.8 Å². The fourth-order valence-electron chi connectivity index (χ4n) is 7.78. The Kier molecular flexibility index (Phi) is 9.46. The number of nitrogens with zero attached hydrogens (tertiary/aromatic N) is 2. The van der Waals surface area contributed by atoms with Gasteiger partial charge in [0.1, 0.15) is 0 Å². The average molecular weight is 712 g/mol. The number of carbonyl (C=O) groups excluding carboxylic acids is 2. The summed E-state index contributed by atoms with van der Waals surface area (Å²) in [5.41, 5.74) is 4.15. The van der Waals surface area contributed by atoms with E-state index >= 15 is 0 Å². The number of aromatic nitrogens is 1. The van der Waals surface area contributed by atoms with Gasteiger partial charge in [0, 0.05) is 12.2 Å². The number of carbonyl (C=O) groups is 2.